The summed E-state index contributed by atoms with van der Waals surface area (Å²) in [5.41, 5.74) is -0.0449. The lowest BCUT2D eigenvalue weighted by Gasteiger charge is -2.23. The normalized spacial score (nSPS) is 11.8. The van der Waals surface area contributed by atoms with Gasteiger partial charge in [-0.15, -0.1) is 0 Å². The lowest BCUT2D eigenvalue weighted by molar-refractivity contribution is 0.00695. The molecule has 0 aliphatic heterocycles. The fraction of sp³-hybridized carbons (Fsp3) is 0.294. The van der Waals surface area contributed by atoms with Crippen molar-refractivity contribution in [2.75, 3.05) is 10.6 Å². The molecule has 0 aliphatic rings. The van der Waals surface area contributed by atoms with Crippen LogP contribution in [0.2, 0.25) is 0 Å². The molecule has 0 aliphatic carbocycles. The van der Waals surface area contributed by atoms with Crippen LogP contribution >= 0.6 is 0 Å². The summed E-state index contributed by atoms with van der Waals surface area (Å²) < 4.78 is 30.8. The highest BCUT2D eigenvalue weighted by Gasteiger charge is 2.23. The Balaban J connectivity index is 2.46. The SMILES string of the molecule is CC(C)(C)OC(=O)c1cccc(N(c2ccccn2)S(C)(=O)=O)c1. The van der Waals surface area contributed by atoms with Crippen LogP contribution in [-0.2, 0) is 14.8 Å². The van der Waals surface area contributed by atoms with Gasteiger partial charge in [0, 0.05) is 6.20 Å². The smallest absolute Gasteiger partial charge is 0.338 e. The Morgan fingerprint density at radius 2 is 1.83 bits per heavy atom. The molecule has 2 rings (SSSR count). The molecule has 0 unspecified atom stereocenters. The van der Waals surface area contributed by atoms with Gasteiger partial charge in [-0.2, -0.15) is 0 Å². The van der Waals surface area contributed by atoms with Crippen molar-refractivity contribution in [2.45, 2.75) is 26.4 Å². The van der Waals surface area contributed by atoms with Crippen molar-refractivity contribution in [3.8, 4) is 0 Å². The maximum atomic E-state index is 12.2. The summed E-state index contributed by atoms with van der Waals surface area (Å²) in [5.74, 6) is -0.264. The van der Waals surface area contributed by atoms with E-state index in [1.165, 1.54) is 12.3 Å². The molecule has 1 aromatic carbocycles. The van der Waals surface area contributed by atoms with Crippen molar-refractivity contribution < 1.29 is 17.9 Å². The van der Waals surface area contributed by atoms with Crippen molar-refractivity contribution in [1.29, 1.82) is 0 Å². The number of pyridine rings is 1. The fourth-order valence-corrected chi connectivity index (χ4v) is 3.01. The number of carbonyl (C=O) groups is 1. The van der Waals surface area contributed by atoms with E-state index in [1.807, 2.05) is 0 Å². The van der Waals surface area contributed by atoms with Crippen LogP contribution in [0.3, 0.4) is 0 Å². The highest BCUT2D eigenvalue weighted by Crippen LogP contribution is 2.27. The first-order chi connectivity index (χ1) is 11.1. The second-order valence-electron chi connectivity index (χ2n) is 6.27. The van der Waals surface area contributed by atoms with Crippen molar-refractivity contribution in [3.05, 3.63) is 54.2 Å². The van der Waals surface area contributed by atoms with Gasteiger partial charge in [0.2, 0.25) is 10.0 Å². The number of aromatic nitrogens is 1. The van der Waals surface area contributed by atoms with E-state index in [0.29, 0.717) is 5.69 Å². The van der Waals surface area contributed by atoms with Crippen molar-refractivity contribution in [2.24, 2.45) is 0 Å². The van der Waals surface area contributed by atoms with Gasteiger partial charge >= 0.3 is 5.97 Å². The Morgan fingerprint density at radius 1 is 1.12 bits per heavy atom. The zero-order valence-corrected chi connectivity index (χ0v) is 14.9. The van der Waals surface area contributed by atoms with E-state index in [-0.39, 0.29) is 11.4 Å². The van der Waals surface area contributed by atoms with Crippen LogP contribution in [0.25, 0.3) is 0 Å². The summed E-state index contributed by atoms with van der Waals surface area (Å²) in [5, 5.41) is 0. The van der Waals surface area contributed by atoms with E-state index < -0.39 is 21.6 Å². The molecule has 0 amide bonds. The minimum atomic E-state index is -3.63. The van der Waals surface area contributed by atoms with Gasteiger partial charge in [0.25, 0.3) is 0 Å². The first-order valence-electron chi connectivity index (χ1n) is 7.33. The highest BCUT2D eigenvalue weighted by molar-refractivity contribution is 7.92. The number of hydrogen-bond donors (Lipinski definition) is 0. The Labute approximate surface area is 142 Å². The molecule has 0 saturated carbocycles. The van der Waals surface area contributed by atoms with Crippen molar-refractivity contribution >= 4 is 27.5 Å². The van der Waals surface area contributed by atoms with Gasteiger partial charge in [-0.05, 0) is 51.1 Å². The quantitative estimate of drug-likeness (QED) is 0.793. The summed E-state index contributed by atoms with van der Waals surface area (Å²) in [6.07, 6.45) is 2.59. The minimum absolute atomic E-state index is 0.251. The standard InChI is InChI=1S/C17H20N2O4S/c1-17(2,3)23-16(20)13-8-7-9-14(12-13)19(24(4,21)22)15-10-5-6-11-18-15/h5-12H,1-4H3. The molecular formula is C17H20N2O4S. The minimum Gasteiger partial charge on any atom is -0.456 e. The molecule has 0 N–H and O–H groups in total. The van der Waals surface area contributed by atoms with Crippen molar-refractivity contribution in [1.82, 2.24) is 4.98 Å². The second kappa shape index (κ2) is 6.60. The summed E-state index contributed by atoms with van der Waals surface area (Å²) in [4.78, 5) is 16.3. The van der Waals surface area contributed by atoms with Crippen LogP contribution in [0.1, 0.15) is 31.1 Å². The van der Waals surface area contributed by atoms with Gasteiger partial charge in [-0.1, -0.05) is 12.1 Å². The predicted octanol–water partition coefficient (Wildman–Crippen LogP) is 3.13. The lowest BCUT2D eigenvalue weighted by atomic mass is 10.1. The van der Waals surface area contributed by atoms with Crippen LogP contribution in [-0.4, -0.2) is 31.2 Å². The van der Waals surface area contributed by atoms with E-state index in [2.05, 4.69) is 4.98 Å². The van der Waals surface area contributed by atoms with Gasteiger partial charge in [0.15, 0.2) is 0 Å². The zero-order chi connectivity index (χ0) is 18.0. The molecule has 7 heteroatoms. The number of sulfonamides is 1. The molecule has 24 heavy (non-hydrogen) atoms. The van der Waals surface area contributed by atoms with Crippen LogP contribution in [0.15, 0.2) is 48.7 Å². The first-order valence-corrected chi connectivity index (χ1v) is 9.17. The van der Waals surface area contributed by atoms with Crippen LogP contribution < -0.4 is 4.31 Å². The summed E-state index contributed by atoms with van der Waals surface area (Å²) in [6.45, 7) is 5.31. The summed E-state index contributed by atoms with van der Waals surface area (Å²) in [6, 6.07) is 11.2. The number of hydrogen-bond acceptors (Lipinski definition) is 5. The molecular weight excluding hydrogens is 328 g/mol. The van der Waals surface area contributed by atoms with Gasteiger partial charge in [0.1, 0.15) is 11.4 Å². The fourth-order valence-electron chi connectivity index (χ4n) is 2.06. The molecule has 0 atom stereocenters. The summed E-state index contributed by atoms with van der Waals surface area (Å²) >= 11 is 0. The molecule has 0 bridgehead atoms. The Kier molecular flexibility index (Phi) is 4.94. The Bertz CT molecular complexity index is 827. The molecule has 0 spiro atoms. The summed E-state index contributed by atoms with van der Waals surface area (Å²) in [7, 11) is -3.63. The van der Waals surface area contributed by atoms with Gasteiger partial charge < -0.3 is 4.74 Å². The number of rotatable bonds is 4. The number of carbonyl (C=O) groups excluding carboxylic acids is 1. The van der Waals surface area contributed by atoms with Crippen LogP contribution in [0, 0.1) is 0 Å². The van der Waals surface area contributed by atoms with Gasteiger partial charge in [0.05, 0.1) is 17.5 Å². The van der Waals surface area contributed by atoms with Crippen LogP contribution in [0.5, 0.6) is 0 Å². The number of anilines is 2. The number of ether oxygens (including phenoxy) is 1. The molecule has 0 radical (unpaired) electrons. The second-order valence-corrected chi connectivity index (χ2v) is 8.10. The van der Waals surface area contributed by atoms with Gasteiger partial charge in [-0.25, -0.2) is 22.5 Å². The van der Waals surface area contributed by atoms with Crippen LogP contribution in [0.4, 0.5) is 11.5 Å². The highest BCUT2D eigenvalue weighted by atomic mass is 32.2. The van der Waals surface area contributed by atoms with E-state index in [1.54, 1.807) is 57.2 Å². The number of esters is 1. The number of nitrogens with zero attached hydrogens (tertiary/aromatic N) is 2. The van der Waals surface area contributed by atoms with Gasteiger partial charge in [-0.3, -0.25) is 0 Å². The maximum Gasteiger partial charge on any atom is 0.338 e. The first kappa shape index (κ1) is 17.9. The third-order valence-corrected chi connectivity index (χ3v) is 3.97. The zero-order valence-electron chi connectivity index (χ0n) is 14.1. The van der Waals surface area contributed by atoms with E-state index >= 15 is 0 Å². The lowest BCUT2D eigenvalue weighted by Crippen LogP contribution is -2.26. The number of benzene rings is 1. The predicted molar refractivity (Wildman–Crippen MR) is 92.8 cm³/mol. The maximum absolute atomic E-state index is 12.2. The van der Waals surface area contributed by atoms with E-state index in [9.17, 15) is 13.2 Å². The molecule has 128 valence electrons. The average Bonchev–Trinajstić information content (AvgIpc) is 2.45. The molecule has 1 aromatic heterocycles. The Morgan fingerprint density at radius 3 is 2.38 bits per heavy atom. The largest absolute Gasteiger partial charge is 0.456 e. The van der Waals surface area contributed by atoms with E-state index in [4.69, 9.17) is 4.74 Å². The average molecular weight is 348 g/mol. The van der Waals surface area contributed by atoms with Crippen molar-refractivity contribution in [3.63, 3.8) is 0 Å². The molecule has 6 nitrogen and oxygen atoms in total. The topological polar surface area (TPSA) is 76.6 Å². The third kappa shape index (κ3) is 4.55. The van der Waals surface area contributed by atoms with E-state index in [0.717, 1.165) is 10.6 Å². The monoisotopic (exact) mass is 348 g/mol. The Hall–Kier alpha value is -2.41. The third-order valence-electron chi connectivity index (χ3n) is 2.90. The molecule has 0 fully saturated rings. The molecule has 0 saturated heterocycles. The molecule has 2 aromatic rings. The molecule has 1 heterocycles.